The molecule has 4 nitrogen and oxygen atoms in total. The van der Waals surface area contributed by atoms with Gasteiger partial charge in [-0.25, -0.2) is 9.37 Å². The van der Waals surface area contributed by atoms with Crippen molar-refractivity contribution in [2.45, 2.75) is 44.2 Å². The molecule has 0 saturated carbocycles. The van der Waals surface area contributed by atoms with Crippen molar-refractivity contribution in [2.75, 3.05) is 26.7 Å². The summed E-state index contributed by atoms with van der Waals surface area (Å²) in [5.74, 6) is 1.44. The van der Waals surface area contributed by atoms with Gasteiger partial charge in [0.2, 0.25) is 5.89 Å². The Morgan fingerprint density at radius 2 is 2.04 bits per heavy atom. The maximum absolute atomic E-state index is 13.3. The lowest BCUT2D eigenvalue weighted by atomic mass is 10.0. The Kier molecular flexibility index (Phi) is 4.86. The van der Waals surface area contributed by atoms with Gasteiger partial charge in [0.15, 0.2) is 0 Å². The minimum absolute atomic E-state index is 0.207. The van der Waals surface area contributed by atoms with Crippen LogP contribution in [0.1, 0.15) is 48.9 Å². The quantitative estimate of drug-likeness (QED) is 0.848. The Labute approximate surface area is 148 Å². The topological polar surface area (TPSA) is 32.5 Å². The van der Waals surface area contributed by atoms with E-state index in [0.717, 1.165) is 30.2 Å². The van der Waals surface area contributed by atoms with Crippen LogP contribution in [0.3, 0.4) is 0 Å². The van der Waals surface area contributed by atoms with Crippen LogP contribution in [-0.4, -0.2) is 47.5 Å². The monoisotopic (exact) mass is 343 g/mol. The molecule has 4 rings (SSSR count). The molecule has 0 aliphatic carbocycles. The molecular formula is C20H26FN3O. The van der Waals surface area contributed by atoms with Gasteiger partial charge in [0.25, 0.3) is 0 Å². The van der Waals surface area contributed by atoms with Crippen molar-refractivity contribution >= 4 is 0 Å². The van der Waals surface area contributed by atoms with E-state index < -0.39 is 0 Å². The number of hydrogen-bond donors (Lipinski definition) is 0. The van der Waals surface area contributed by atoms with Crippen molar-refractivity contribution in [3.05, 3.63) is 53.5 Å². The molecule has 0 N–H and O–H groups in total. The fourth-order valence-corrected chi connectivity index (χ4v) is 4.22. The first-order valence-corrected chi connectivity index (χ1v) is 9.32. The molecule has 134 valence electrons. The Bertz CT molecular complexity index is 708. The molecule has 5 heteroatoms. The molecule has 2 fully saturated rings. The SMILES string of the molecule is CN1CCC(N2CCC[C@@H]2c2ncc(Cc3cccc(F)c3)o2)CC1. The molecular weight excluding hydrogens is 317 g/mol. The number of benzene rings is 1. The Morgan fingerprint density at radius 3 is 2.84 bits per heavy atom. The highest BCUT2D eigenvalue weighted by Gasteiger charge is 2.35. The first-order chi connectivity index (χ1) is 12.2. The van der Waals surface area contributed by atoms with Gasteiger partial charge in [0.1, 0.15) is 11.6 Å². The molecule has 0 bridgehead atoms. The number of rotatable bonds is 4. The molecule has 3 heterocycles. The highest BCUT2D eigenvalue weighted by molar-refractivity contribution is 5.21. The Morgan fingerprint density at radius 1 is 1.20 bits per heavy atom. The third kappa shape index (κ3) is 3.77. The lowest BCUT2D eigenvalue weighted by Gasteiger charge is -2.37. The Hall–Kier alpha value is -1.72. The summed E-state index contributed by atoms with van der Waals surface area (Å²) in [6.07, 6.45) is 7.18. The van der Waals surface area contributed by atoms with E-state index in [4.69, 9.17) is 4.42 Å². The first kappa shape index (κ1) is 16.7. The largest absolute Gasteiger partial charge is 0.444 e. The van der Waals surface area contributed by atoms with Gasteiger partial charge < -0.3 is 9.32 Å². The molecule has 2 aliphatic rings. The molecule has 0 unspecified atom stereocenters. The molecule has 1 aromatic heterocycles. The normalized spacial score (nSPS) is 23.4. The lowest BCUT2D eigenvalue weighted by Crippen LogP contribution is -2.43. The number of piperidine rings is 1. The number of oxazole rings is 1. The second-order valence-corrected chi connectivity index (χ2v) is 7.40. The van der Waals surface area contributed by atoms with E-state index in [1.54, 1.807) is 12.1 Å². The van der Waals surface area contributed by atoms with Gasteiger partial charge in [0.05, 0.1) is 12.2 Å². The summed E-state index contributed by atoms with van der Waals surface area (Å²) in [6, 6.07) is 7.62. The summed E-state index contributed by atoms with van der Waals surface area (Å²) in [5, 5.41) is 0. The third-order valence-corrected chi connectivity index (χ3v) is 5.58. The third-order valence-electron chi connectivity index (χ3n) is 5.58. The van der Waals surface area contributed by atoms with Gasteiger partial charge >= 0.3 is 0 Å². The smallest absolute Gasteiger partial charge is 0.211 e. The second kappa shape index (κ2) is 7.26. The van der Waals surface area contributed by atoms with Gasteiger partial charge in [-0.15, -0.1) is 0 Å². The fourth-order valence-electron chi connectivity index (χ4n) is 4.22. The zero-order valence-electron chi connectivity index (χ0n) is 14.8. The van der Waals surface area contributed by atoms with Gasteiger partial charge in [-0.05, 0) is 70.1 Å². The van der Waals surface area contributed by atoms with Crippen LogP contribution >= 0.6 is 0 Å². The predicted octanol–water partition coefficient (Wildman–Crippen LogP) is 3.64. The van der Waals surface area contributed by atoms with Crippen LogP contribution < -0.4 is 0 Å². The second-order valence-electron chi connectivity index (χ2n) is 7.40. The molecule has 2 aromatic rings. The summed E-state index contributed by atoms with van der Waals surface area (Å²) in [5.41, 5.74) is 0.918. The van der Waals surface area contributed by atoms with Gasteiger partial charge in [0, 0.05) is 12.5 Å². The number of aromatic nitrogens is 1. The summed E-state index contributed by atoms with van der Waals surface area (Å²) in [4.78, 5) is 9.57. The summed E-state index contributed by atoms with van der Waals surface area (Å²) in [7, 11) is 2.20. The lowest BCUT2D eigenvalue weighted by molar-refractivity contribution is 0.0985. The average molecular weight is 343 g/mol. The standard InChI is InChI=1S/C20H26FN3O/c1-23-10-7-17(8-11-23)24-9-3-6-19(24)20-22-14-18(25-20)13-15-4-2-5-16(21)12-15/h2,4-5,12,14,17,19H,3,6-11,13H2,1H3/t19-/m1/s1. The number of likely N-dealkylation sites (tertiary alicyclic amines) is 2. The molecule has 2 aliphatic heterocycles. The van der Waals surface area contributed by atoms with Crippen LogP contribution in [0, 0.1) is 5.82 Å². The van der Waals surface area contributed by atoms with Crippen molar-refractivity contribution in [3.8, 4) is 0 Å². The van der Waals surface area contributed by atoms with E-state index in [9.17, 15) is 4.39 Å². The minimum atomic E-state index is -0.207. The van der Waals surface area contributed by atoms with Crippen molar-refractivity contribution in [3.63, 3.8) is 0 Å². The molecule has 0 spiro atoms. The predicted molar refractivity (Wildman–Crippen MR) is 94.9 cm³/mol. The fraction of sp³-hybridized carbons (Fsp3) is 0.550. The van der Waals surface area contributed by atoms with E-state index in [1.165, 1.54) is 38.4 Å². The van der Waals surface area contributed by atoms with E-state index in [-0.39, 0.29) is 5.82 Å². The minimum Gasteiger partial charge on any atom is -0.444 e. The van der Waals surface area contributed by atoms with Crippen LogP contribution in [0.4, 0.5) is 4.39 Å². The van der Waals surface area contributed by atoms with Crippen LogP contribution in [0.5, 0.6) is 0 Å². The molecule has 1 atom stereocenters. The van der Waals surface area contributed by atoms with Gasteiger partial charge in [-0.1, -0.05) is 12.1 Å². The van der Waals surface area contributed by atoms with Gasteiger partial charge in [-0.2, -0.15) is 0 Å². The van der Waals surface area contributed by atoms with Crippen LogP contribution in [0.25, 0.3) is 0 Å². The van der Waals surface area contributed by atoms with E-state index in [2.05, 4.69) is 21.8 Å². The summed E-state index contributed by atoms with van der Waals surface area (Å²) >= 11 is 0. The summed E-state index contributed by atoms with van der Waals surface area (Å²) in [6.45, 7) is 3.48. The van der Waals surface area contributed by atoms with Crippen molar-refractivity contribution in [2.24, 2.45) is 0 Å². The molecule has 0 amide bonds. The van der Waals surface area contributed by atoms with E-state index in [0.29, 0.717) is 18.5 Å². The number of hydrogen-bond acceptors (Lipinski definition) is 4. The summed E-state index contributed by atoms with van der Waals surface area (Å²) < 4.78 is 19.4. The zero-order valence-corrected chi connectivity index (χ0v) is 14.8. The van der Waals surface area contributed by atoms with Crippen LogP contribution in [0.2, 0.25) is 0 Å². The van der Waals surface area contributed by atoms with Crippen LogP contribution in [0.15, 0.2) is 34.9 Å². The molecule has 2 saturated heterocycles. The number of nitrogens with zero attached hydrogens (tertiary/aromatic N) is 3. The highest BCUT2D eigenvalue weighted by atomic mass is 19.1. The van der Waals surface area contributed by atoms with E-state index >= 15 is 0 Å². The Balaban J connectivity index is 1.45. The molecule has 0 radical (unpaired) electrons. The maximum atomic E-state index is 13.3. The van der Waals surface area contributed by atoms with Crippen molar-refractivity contribution < 1.29 is 8.81 Å². The first-order valence-electron chi connectivity index (χ1n) is 9.32. The molecule has 25 heavy (non-hydrogen) atoms. The van der Waals surface area contributed by atoms with Gasteiger partial charge in [-0.3, -0.25) is 4.90 Å². The molecule has 1 aromatic carbocycles. The van der Waals surface area contributed by atoms with E-state index in [1.807, 2.05) is 12.3 Å². The number of halogens is 1. The highest BCUT2D eigenvalue weighted by Crippen LogP contribution is 2.36. The van der Waals surface area contributed by atoms with Crippen molar-refractivity contribution in [1.29, 1.82) is 0 Å². The van der Waals surface area contributed by atoms with Crippen molar-refractivity contribution in [1.82, 2.24) is 14.8 Å². The van der Waals surface area contributed by atoms with Crippen LogP contribution in [-0.2, 0) is 6.42 Å². The maximum Gasteiger partial charge on any atom is 0.211 e. The zero-order chi connectivity index (χ0) is 17.2. The average Bonchev–Trinajstić information content (AvgIpc) is 3.24.